The van der Waals surface area contributed by atoms with Crippen molar-refractivity contribution in [1.29, 1.82) is 0 Å². The number of carbonyl (C=O) groups excluding carboxylic acids is 1. The van der Waals surface area contributed by atoms with E-state index >= 15 is 0 Å². The van der Waals surface area contributed by atoms with Gasteiger partial charge in [0, 0.05) is 30.5 Å². The molecule has 0 saturated carbocycles. The summed E-state index contributed by atoms with van der Waals surface area (Å²) in [5.74, 6) is 0.211. The topological polar surface area (TPSA) is 112 Å². The Morgan fingerprint density at radius 3 is 2.78 bits per heavy atom. The molecule has 4 N–H and O–H groups in total. The minimum Gasteiger partial charge on any atom is -0.350 e. The third-order valence-corrected chi connectivity index (χ3v) is 3.65. The Bertz CT molecular complexity index is 752. The van der Waals surface area contributed by atoms with E-state index < -0.39 is 0 Å². The molecule has 0 radical (unpaired) electrons. The lowest BCUT2D eigenvalue weighted by atomic mass is 10.1. The molecule has 120 valence electrons. The van der Waals surface area contributed by atoms with E-state index in [0.717, 1.165) is 0 Å². The van der Waals surface area contributed by atoms with Crippen molar-refractivity contribution >= 4 is 5.91 Å². The second-order valence-corrected chi connectivity index (χ2v) is 5.40. The second kappa shape index (κ2) is 6.67. The summed E-state index contributed by atoms with van der Waals surface area (Å²) in [6, 6.07) is 5.41. The van der Waals surface area contributed by atoms with Crippen molar-refractivity contribution in [2.45, 2.75) is 19.4 Å². The van der Waals surface area contributed by atoms with Crippen molar-refractivity contribution in [3.63, 3.8) is 0 Å². The Kier molecular flexibility index (Phi) is 4.45. The summed E-state index contributed by atoms with van der Waals surface area (Å²) in [4.78, 5) is 35.6. The number of hydrazine groups is 1. The Morgan fingerprint density at radius 1 is 1.35 bits per heavy atom. The van der Waals surface area contributed by atoms with Crippen LogP contribution in [0, 0.1) is 6.92 Å². The first-order valence-corrected chi connectivity index (χ1v) is 7.40. The van der Waals surface area contributed by atoms with Crippen molar-refractivity contribution in [1.82, 2.24) is 31.1 Å². The SMILES string of the molecule is Cc1nc(-c2ccccn2)[nH]c(=O)c1CC(=O)NC1CNNC1. The van der Waals surface area contributed by atoms with Crippen LogP contribution in [0.4, 0.5) is 0 Å². The van der Waals surface area contributed by atoms with Gasteiger partial charge in [-0.25, -0.2) is 4.98 Å². The Labute approximate surface area is 132 Å². The summed E-state index contributed by atoms with van der Waals surface area (Å²) in [6.45, 7) is 3.05. The summed E-state index contributed by atoms with van der Waals surface area (Å²) in [6.07, 6.45) is 1.64. The number of amides is 1. The highest BCUT2D eigenvalue weighted by Crippen LogP contribution is 2.11. The van der Waals surface area contributed by atoms with Crippen molar-refractivity contribution in [2.24, 2.45) is 0 Å². The molecule has 8 nitrogen and oxygen atoms in total. The molecule has 23 heavy (non-hydrogen) atoms. The van der Waals surface area contributed by atoms with E-state index in [-0.39, 0.29) is 23.9 Å². The number of aryl methyl sites for hydroxylation is 1. The fraction of sp³-hybridized carbons (Fsp3) is 0.333. The van der Waals surface area contributed by atoms with Crippen LogP contribution in [-0.2, 0) is 11.2 Å². The van der Waals surface area contributed by atoms with E-state index in [2.05, 4.69) is 31.1 Å². The van der Waals surface area contributed by atoms with Crippen LogP contribution in [0.5, 0.6) is 0 Å². The largest absolute Gasteiger partial charge is 0.350 e. The Balaban J connectivity index is 1.78. The molecular formula is C15H18N6O2. The van der Waals surface area contributed by atoms with Gasteiger partial charge in [0.1, 0.15) is 5.69 Å². The maximum Gasteiger partial charge on any atom is 0.255 e. The maximum atomic E-state index is 12.3. The van der Waals surface area contributed by atoms with Gasteiger partial charge in [-0.1, -0.05) is 6.07 Å². The van der Waals surface area contributed by atoms with Crippen LogP contribution >= 0.6 is 0 Å². The zero-order chi connectivity index (χ0) is 16.2. The first-order chi connectivity index (χ1) is 11.1. The lowest BCUT2D eigenvalue weighted by Gasteiger charge is -2.11. The number of aromatic nitrogens is 3. The van der Waals surface area contributed by atoms with E-state index in [1.807, 2.05) is 6.07 Å². The molecule has 2 aromatic rings. The van der Waals surface area contributed by atoms with Crippen molar-refractivity contribution in [3.8, 4) is 11.5 Å². The van der Waals surface area contributed by atoms with Crippen molar-refractivity contribution < 1.29 is 4.79 Å². The Morgan fingerprint density at radius 2 is 2.13 bits per heavy atom. The molecule has 8 heteroatoms. The third-order valence-electron chi connectivity index (χ3n) is 3.65. The molecular weight excluding hydrogens is 296 g/mol. The van der Waals surface area contributed by atoms with E-state index in [9.17, 15) is 9.59 Å². The molecule has 0 spiro atoms. The molecule has 3 heterocycles. The van der Waals surface area contributed by atoms with Gasteiger partial charge in [-0.05, 0) is 19.1 Å². The van der Waals surface area contributed by atoms with Gasteiger partial charge in [0.15, 0.2) is 5.82 Å². The molecule has 1 aliphatic rings. The minimum absolute atomic E-state index is 0.00711. The van der Waals surface area contributed by atoms with Crippen LogP contribution in [0.3, 0.4) is 0 Å². The molecule has 0 aromatic carbocycles. The van der Waals surface area contributed by atoms with Crippen LogP contribution in [-0.4, -0.2) is 40.0 Å². The lowest BCUT2D eigenvalue weighted by molar-refractivity contribution is -0.121. The number of hydrogen-bond donors (Lipinski definition) is 4. The molecule has 0 aliphatic carbocycles. The zero-order valence-corrected chi connectivity index (χ0v) is 12.7. The van der Waals surface area contributed by atoms with E-state index in [1.165, 1.54) is 0 Å². The number of hydrogen-bond acceptors (Lipinski definition) is 6. The van der Waals surface area contributed by atoms with Crippen LogP contribution < -0.4 is 21.7 Å². The fourth-order valence-electron chi connectivity index (χ4n) is 2.45. The number of carbonyl (C=O) groups is 1. The average Bonchev–Trinajstić information content (AvgIpc) is 3.04. The van der Waals surface area contributed by atoms with Crippen LogP contribution in [0.15, 0.2) is 29.2 Å². The van der Waals surface area contributed by atoms with Gasteiger partial charge >= 0.3 is 0 Å². The highest BCUT2D eigenvalue weighted by molar-refractivity contribution is 5.79. The highest BCUT2D eigenvalue weighted by atomic mass is 16.2. The minimum atomic E-state index is -0.309. The van der Waals surface area contributed by atoms with E-state index in [4.69, 9.17) is 0 Å². The second-order valence-electron chi connectivity index (χ2n) is 5.40. The number of nitrogens with one attached hydrogen (secondary N) is 4. The molecule has 2 aromatic heterocycles. The van der Waals surface area contributed by atoms with Gasteiger partial charge in [-0.2, -0.15) is 0 Å². The molecule has 1 saturated heterocycles. The van der Waals surface area contributed by atoms with Crippen LogP contribution in [0.2, 0.25) is 0 Å². The fourth-order valence-corrected chi connectivity index (χ4v) is 2.45. The monoisotopic (exact) mass is 314 g/mol. The van der Waals surface area contributed by atoms with Gasteiger partial charge < -0.3 is 10.3 Å². The summed E-state index contributed by atoms with van der Waals surface area (Å²) in [7, 11) is 0. The summed E-state index contributed by atoms with van der Waals surface area (Å²) in [5.41, 5.74) is 7.07. The number of pyridine rings is 1. The van der Waals surface area contributed by atoms with Crippen LogP contribution in [0.1, 0.15) is 11.3 Å². The molecule has 0 bridgehead atoms. The standard InChI is InChI=1S/C15H18N6O2/c1-9-11(6-13(22)20-10-7-17-18-8-10)15(23)21-14(19-9)12-4-2-3-5-16-12/h2-5,10,17-18H,6-8H2,1H3,(H,20,22)(H,19,21,23). The third kappa shape index (κ3) is 3.61. The summed E-state index contributed by atoms with van der Waals surface area (Å²) in [5, 5.41) is 2.87. The molecule has 3 rings (SSSR count). The van der Waals surface area contributed by atoms with Crippen LogP contribution in [0.25, 0.3) is 11.5 Å². The van der Waals surface area contributed by atoms with E-state index in [0.29, 0.717) is 35.9 Å². The molecule has 1 fully saturated rings. The first kappa shape index (κ1) is 15.3. The molecule has 0 unspecified atom stereocenters. The number of aromatic amines is 1. The van der Waals surface area contributed by atoms with Gasteiger partial charge in [-0.3, -0.25) is 25.4 Å². The van der Waals surface area contributed by atoms with E-state index in [1.54, 1.807) is 25.3 Å². The summed E-state index contributed by atoms with van der Waals surface area (Å²) >= 11 is 0. The first-order valence-electron chi connectivity index (χ1n) is 7.40. The maximum absolute atomic E-state index is 12.3. The van der Waals surface area contributed by atoms with Gasteiger partial charge in [0.2, 0.25) is 5.91 Å². The smallest absolute Gasteiger partial charge is 0.255 e. The average molecular weight is 314 g/mol. The van der Waals surface area contributed by atoms with Gasteiger partial charge in [0.25, 0.3) is 5.56 Å². The zero-order valence-electron chi connectivity index (χ0n) is 12.7. The van der Waals surface area contributed by atoms with Crippen molar-refractivity contribution in [2.75, 3.05) is 13.1 Å². The molecule has 0 atom stereocenters. The van der Waals surface area contributed by atoms with Crippen molar-refractivity contribution in [3.05, 3.63) is 46.0 Å². The number of rotatable bonds is 4. The predicted molar refractivity (Wildman–Crippen MR) is 84.5 cm³/mol. The normalized spacial score (nSPS) is 14.8. The predicted octanol–water partition coefficient (Wildman–Crippen LogP) is -0.725. The molecule has 1 amide bonds. The Hall–Kier alpha value is -2.58. The quantitative estimate of drug-likeness (QED) is 0.592. The number of H-pyrrole nitrogens is 1. The summed E-state index contributed by atoms with van der Waals surface area (Å²) < 4.78 is 0. The van der Waals surface area contributed by atoms with Gasteiger partial charge in [0.05, 0.1) is 12.5 Å². The molecule has 1 aliphatic heterocycles. The number of nitrogens with zero attached hydrogens (tertiary/aromatic N) is 2. The highest BCUT2D eigenvalue weighted by Gasteiger charge is 2.19. The van der Waals surface area contributed by atoms with Gasteiger partial charge in [-0.15, -0.1) is 0 Å². The lowest BCUT2D eigenvalue weighted by Crippen LogP contribution is -2.40.